The van der Waals surface area contributed by atoms with Crippen molar-refractivity contribution in [3.63, 3.8) is 0 Å². The largest absolute Gasteiger partial charge is 0.493 e. The number of hydrogen-bond donors (Lipinski definition) is 1. The third-order valence-electron chi connectivity index (χ3n) is 4.06. The summed E-state index contributed by atoms with van der Waals surface area (Å²) in [5.74, 6) is 0.720. The minimum atomic E-state index is -0.689. The summed E-state index contributed by atoms with van der Waals surface area (Å²) in [6.07, 6.45) is -0.689. The number of benzene rings is 2. The first-order chi connectivity index (χ1) is 12.5. The van der Waals surface area contributed by atoms with Gasteiger partial charge in [0.1, 0.15) is 0 Å². The second-order valence-corrected chi connectivity index (χ2v) is 6.01. The molecule has 2 aromatic carbocycles. The van der Waals surface area contributed by atoms with Crippen LogP contribution in [0.1, 0.15) is 37.9 Å². The van der Waals surface area contributed by atoms with Crippen LogP contribution in [0.2, 0.25) is 0 Å². The molecule has 0 unspecified atom stereocenters. The topological polar surface area (TPSA) is 56.8 Å². The molecule has 0 radical (unpaired) electrons. The number of carbonyl (C=O) groups is 1. The lowest BCUT2D eigenvalue weighted by Crippen LogP contribution is -2.26. The van der Waals surface area contributed by atoms with Crippen LogP contribution in [0.5, 0.6) is 11.5 Å². The summed E-state index contributed by atoms with van der Waals surface area (Å²) in [4.78, 5) is 11.7. The molecule has 1 N–H and O–H groups in total. The van der Waals surface area contributed by atoms with Crippen molar-refractivity contribution in [2.75, 3.05) is 13.7 Å². The summed E-state index contributed by atoms with van der Waals surface area (Å²) in [6.45, 7) is 6.58. The Balaban J connectivity index is 2.00. The number of rotatable bonds is 9. The molecular formula is C21H27NO4. The maximum absolute atomic E-state index is 11.7. The lowest BCUT2D eigenvalue weighted by molar-refractivity contribution is -0.150. The highest BCUT2D eigenvalue weighted by atomic mass is 16.6. The normalized spacial score (nSPS) is 12.9. The van der Waals surface area contributed by atoms with Gasteiger partial charge in [-0.1, -0.05) is 36.4 Å². The molecule has 2 atom stereocenters. The van der Waals surface area contributed by atoms with Gasteiger partial charge in [-0.25, -0.2) is 4.79 Å². The first kappa shape index (κ1) is 19.8. The Kier molecular flexibility index (Phi) is 7.48. The van der Waals surface area contributed by atoms with E-state index in [9.17, 15) is 4.79 Å². The molecule has 0 aliphatic carbocycles. The molecule has 5 nitrogen and oxygen atoms in total. The van der Waals surface area contributed by atoms with Gasteiger partial charge in [-0.2, -0.15) is 0 Å². The van der Waals surface area contributed by atoms with Gasteiger partial charge >= 0.3 is 5.97 Å². The van der Waals surface area contributed by atoms with E-state index in [1.54, 1.807) is 21.0 Å². The van der Waals surface area contributed by atoms with Crippen molar-refractivity contribution in [2.45, 2.75) is 39.5 Å². The van der Waals surface area contributed by atoms with Gasteiger partial charge in [0.2, 0.25) is 0 Å². The molecule has 140 valence electrons. The molecule has 0 saturated heterocycles. The van der Waals surface area contributed by atoms with Crippen molar-refractivity contribution < 1.29 is 19.0 Å². The monoisotopic (exact) mass is 357 g/mol. The van der Waals surface area contributed by atoms with Crippen LogP contribution in [-0.2, 0) is 16.1 Å². The Morgan fingerprint density at radius 3 is 2.46 bits per heavy atom. The molecule has 2 rings (SSSR count). The summed E-state index contributed by atoms with van der Waals surface area (Å²) in [5, 5.41) is 3.49. The van der Waals surface area contributed by atoms with E-state index in [1.165, 1.54) is 5.56 Å². The van der Waals surface area contributed by atoms with Gasteiger partial charge in [0.15, 0.2) is 17.6 Å². The van der Waals surface area contributed by atoms with Gasteiger partial charge in [-0.3, -0.25) is 0 Å². The number of methoxy groups -OCH3 is 1. The SMILES string of the molecule is CCOC(=O)[C@@H](C)Oc1ccc(CN[C@H](C)c2ccccc2)cc1OC. The highest BCUT2D eigenvalue weighted by Gasteiger charge is 2.18. The Morgan fingerprint density at radius 1 is 1.08 bits per heavy atom. The zero-order valence-electron chi connectivity index (χ0n) is 15.8. The van der Waals surface area contributed by atoms with Gasteiger partial charge in [0, 0.05) is 12.6 Å². The van der Waals surface area contributed by atoms with Crippen molar-refractivity contribution in [1.82, 2.24) is 5.32 Å². The van der Waals surface area contributed by atoms with Crippen molar-refractivity contribution >= 4 is 5.97 Å². The maximum Gasteiger partial charge on any atom is 0.347 e. The second kappa shape index (κ2) is 9.82. The molecule has 2 aromatic rings. The number of nitrogens with one attached hydrogen (secondary N) is 1. The zero-order valence-corrected chi connectivity index (χ0v) is 15.8. The van der Waals surface area contributed by atoms with Gasteiger partial charge in [0.25, 0.3) is 0 Å². The quantitative estimate of drug-likeness (QED) is 0.690. The fourth-order valence-electron chi connectivity index (χ4n) is 2.55. The fourth-order valence-corrected chi connectivity index (χ4v) is 2.55. The highest BCUT2D eigenvalue weighted by Crippen LogP contribution is 2.29. The van der Waals surface area contributed by atoms with Gasteiger partial charge in [-0.15, -0.1) is 0 Å². The standard InChI is InChI=1S/C21H27NO4/c1-5-25-21(23)16(3)26-19-12-11-17(13-20(19)24-4)14-22-15(2)18-9-7-6-8-10-18/h6-13,15-16,22H,5,14H2,1-4H3/t15-,16-/m1/s1. The number of carbonyl (C=O) groups excluding carboxylic acids is 1. The minimum absolute atomic E-state index is 0.238. The van der Waals surface area contributed by atoms with E-state index in [1.807, 2.05) is 36.4 Å². The Hall–Kier alpha value is -2.53. The molecule has 0 heterocycles. The van der Waals surface area contributed by atoms with E-state index in [0.717, 1.165) is 5.56 Å². The average Bonchev–Trinajstić information content (AvgIpc) is 2.67. The minimum Gasteiger partial charge on any atom is -0.493 e. The third kappa shape index (κ3) is 5.49. The Morgan fingerprint density at radius 2 is 1.81 bits per heavy atom. The summed E-state index contributed by atoms with van der Waals surface area (Å²) in [6, 6.07) is 16.2. The fraction of sp³-hybridized carbons (Fsp3) is 0.381. The Labute approximate surface area is 155 Å². The van der Waals surface area contributed by atoms with Crippen LogP contribution in [0, 0.1) is 0 Å². The van der Waals surface area contributed by atoms with E-state index < -0.39 is 12.1 Å². The Bertz CT molecular complexity index is 702. The van der Waals surface area contributed by atoms with Crippen LogP contribution in [0.15, 0.2) is 48.5 Å². The molecule has 0 aromatic heterocycles. The molecule has 0 fully saturated rings. The van der Waals surface area contributed by atoms with E-state index in [-0.39, 0.29) is 6.04 Å². The van der Waals surface area contributed by atoms with Crippen molar-refractivity contribution in [1.29, 1.82) is 0 Å². The van der Waals surface area contributed by atoms with Gasteiger partial charge in [-0.05, 0) is 44.0 Å². The molecule has 0 amide bonds. The smallest absolute Gasteiger partial charge is 0.347 e. The maximum atomic E-state index is 11.7. The molecule has 0 bridgehead atoms. The first-order valence-corrected chi connectivity index (χ1v) is 8.83. The predicted molar refractivity (Wildman–Crippen MR) is 101 cm³/mol. The van der Waals surface area contributed by atoms with Crippen LogP contribution >= 0.6 is 0 Å². The van der Waals surface area contributed by atoms with Crippen LogP contribution < -0.4 is 14.8 Å². The predicted octanol–water partition coefficient (Wildman–Crippen LogP) is 3.88. The molecule has 5 heteroatoms. The zero-order chi connectivity index (χ0) is 18.9. The van der Waals surface area contributed by atoms with Crippen molar-refractivity contribution in [3.05, 3.63) is 59.7 Å². The van der Waals surface area contributed by atoms with Gasteiger partial charge < -0.3 is 19.5 Å². The molecule has 0 spiro atoms. The van der Waals surface area contributed by atoms with Crippen LogP contribution in [-0.4, -0.2) is 25.8 Å². The first-order valence-electron chi connectivity index (χ1n) is 8.83. The summed E-state index contributed by atoms with van der Waals surface area (Å²) in [5.41, 5.74) is 2.31. The van der Waals surface area contributed by atoms with E-state index >= 15 is 0 Å². The van der Waals surface area contributed by atoms with E-state index in [4.69, 9.17) is 14.2 Å². The van der Waals surface area contributed by atoms with E-state index in [0.29, 0.717) is 24.7 Å². The van der Waals surface area contributed by atoms with Crippen LogP contribution in [0.25, 0.3) is 0 Å². The average molecular weight is 357 g/mol. The molecule has 26 heavy (non-hydrogen) atoms. The second-order valence-electron chi connectivity index (χ2n) is 6.01. The summed E-state index contributed by atoms with van der Waals surface area (Å²) >= 11 is 0. The molecule has 0 saturated carbocycles. The summed E-state index contributed by atoms with van der Waals surface area (Å²) in [7, 11) is 1.58. The molecule has 0 aliphatic rings. The summed E-state index contributed by atoms with van der Waals surface area (Å²) < 4.78 is 16.1. The lowest BCUT2D eigenvalue weighted by atomic mass is 10.1. The van der Waals surface area contributed by atoms with Crippen LogP contribution in [0.3, 0.4) is 0 Å². The lowest BCUT2D eigenvalue weighted by Gasteiger charge is -2.18. The van der Waals surface area contributed by atoms with Crippen LogP contribution in [0.4, 0.5) is 0 Å². The molecule has 0 aliphatic heterocycles. The molecular weight excluding hydrogens is 330 g/mol. The highest BCUT2D eigenvalue weighted by molar-refractivity contribution is 5.74. The number of hydrogen-bond acceptors (Lipinski definition) is 5. The third-order valence-corrected chi connectivity index (χ3v) is 4.06. The van der Waals surface area contributed by atoms with E-state index in [2.05, 4.69) is 24.4 Å². The number of ether oxygens (including phenoxy) is 3. The number of esters is 1. The van der Waals surface area contributed by atoms with Crippen molar-refractivity contribution in [3.8, 4) is 11.5 Å². The van der Waals surface area contributed by atoms with Gasteiger partial charge in [0.05, 0.1) is 13.7 Å². The van der Waals surface area contributed by atoms with Crippen molar-refractivity contribution in [2.24, 2.45) is 0 Å².